The highest BCUT2D eigenvalue weighted by molar-refractivity contribution is 5.94. The number of anilines is 1. The molecule has 0 saturated heterocycles. The molecule has 5 nitrogen and oxygen atoms in total. The zero-order chi connectivity index (χ0) is 13.7. The second kappa shape index (κ2) is 6.32. The number of aliphatic hydroxyl groups is 1. The third-order valence-corrected chi connectivity index (χ3v) is 2.43. The number of carbonyl (C=O) groups excluding carboxylic acids is 1. The molecule has 0 heterocycles. The average Bonchev–Trinajstić information content (AvgIpc) is 2.32. The van der Waals surface area contributed by atoms with Crippen molar-refractivity contribution >= 4 is 11.6 Å². The van der Waals surface area contributed by atoms with E-state index in [0.29, 0.717) is 0 Å². The molecule has 0 saturated carbocycles. The standard InChI is InChI=1S/C12H17FN2O3/c1-15(6-9(16)7-18-2)12(17)8-3-4-10(13)11(14)5-8/h3-5,9,16H,6-7,14H2,1-2H3. The molecular formula is C12H17FN2O3. The van der Waals surface area contributed by atoms with E-state index >= 15 is 0 Å². The Labute approximate surface area is 105 Å². The van der Waals surface area contributed by atoms with Crippen LogP contribution in [-0.4, -0.2) is 49.3 Å². The first-order valence-electron chi connectivity index (χ1n) is 5.43. The van der Waals surface area contributed by atoms with E-state index in [1.807, 2.05) is 0 Å². The lowest BCUT2D eigenvalue weighted by atomic mass is 10.1. The predicted molar refractivity (Wildman–Crippen MR) is 65.7 cm³/mol. The van der Waals surface area contributed by atoms with E-state index in [4.69, 9.17) is 10.5 Å². The molecule has 3 N–H and O–H groups in total. The van der Waals surface area contributed by atoms with Crippen LogP contribution in [0.1, 0.15) is 10.4 Å². The van der Waals surface area contributed by atoms with Gasteiger partial charge in [0.2, 0.25) is 0 Å². The molecule has 0 radical (unpaired) electrons. The van der Waals surface area contributed by atoms with Crippen molar-refractivity contribution in [1.82, 2.24) is 4.90 Å². The van der Waals surface area contributed by atoms with E-state index in [1.54, 1.807) is 7.05 Å². The van der Waals surface area contributed by atoms with Gasteiger partial charge in [-0.2, -0.15) is 0 Å². The largest absolute Gasteiger partial charge is 0.396 e. The Morgan fingerprint density at radius 2 is 2.28 bits per heavy atom. The molecule has 1 rings (SSSR count). The quantitative estimate of drug-likeness (QED) is 0.752. The number of aliphatic hydroxyl groups excluding tert-OH is 1. The predicted octanol–water partition coefficient (Wildman–Crippen LogP) is 0.487. The number of halogens is 1. The summed E-state index contributed by atoms with van der Waals surface area (Å²) >= 11 is 0. The van der Waals surface area contributed by atoms with Crippen LogP contribution in [0.15, 0.2) is 18.2 Å². The number of benzene rings is 1. The Morgan fingerprint density at radius 1 is 1.61 bits per heavy atom. The summed E-state index contributed by atoms with van der Waals surface area (Å²) in [6, 6.07) is 3.77. The highest BCUT2D eigenvalue weighted by Crippen LogP contribution is 2.13. The third kappa shape index (κ3) is 3.68. The van der Waals surface area contributed by atoms with Crippen LogP contribution in [0.5, 0.6) is 0 Å². The van der Waals surface area contributed by atoms with Crippen molar-refractivity contribution in [2.24, 2.45) is 0 Å². The summed E-state index contributed by atoms with van der Waals surface area (Å²) in [4.78, 5) is 13.3. The third-order valence-electron chi connectivity index (χ3n) is 2.43. The van der Waals surface area contributed by atoms with Crippen LogP contribution in [0.3, 0.4) is 0 Å². The van der Waals surface area contributed by atoms with Crippen LogP contribution in [0.4, 0.5) is 10.1 Å². The van der Waals surface area contributed by atoms with Gasteiger partial charge in [-0.3, -0.25) is 4.79 Å². The minimum atomic E-state index is -0.762. The molecule has 0 aliphatic carbocycles. The van der Waals surface area contributed by atoms with E-state index in [9.17, 15) is 14.3 Å². The number of rotatable bonds is 5. The zero-order valence-corrected chi connectivity index (χ0v) is 10.4. The number of amides is 1. The fraction of sp³-hybridized carbons (Fsp3) is 0.417. The number of methoxy groups -OCH3 is 1. The van der Waals surface area contributed by atoms with E-state index < -0.39 is 11.9 Å². The number of ether oxygens (including phenoxy) is 1. The maximum Gasteiger partial charge on any atom is 0.253 e. The Hall–Kier alpha value is -1.66. The van der Waals surface area contributed by atoms with Crippen molar-refractivity contribution in [3.63, 3.8) is 0 Å². The SMILES string of the molecule is COCC(O)CN(C)C(=O)c1ccc(F)c(N)c1. The molecule has 100 valence electrons. The minimum Gasteiger partial charge on any atom is -0.396 e. The molecule has 1 atom stereocenters. The number of nitrogens with zero attached hydrogens (tertiary/aromatic N) is 1. The summed E-state index contributed by atoms with van der Waals surface area (Å²) < 4.78 is 17.7. The van der Waals surface area contributed by atoms with Crippen molar-refractivity contribution in [3.05, 3.63) is 29.6 Å². The molecule has 18 heavy (non-hydrogen) atoms. The monoisotopic (exact) mass is 256 g/mol. The summed E-state index contributed by atoms with van der Waals surface area (Å²) in [7, 11) is 3.01. The topological polar surface area (TPSA) is 75.8 Å². The maximum absolute atomic E-state index is 13.0. The van der Waals surface area contributed by atoms with Crippen LogP contribution in [0, 0.1) is 5.82 Å². The van der Waals surface area contributed by atoms with Gasteiger partial charge in [-0.1, -0.05) is 0 Å². The fourth-order valence-electron chi connectivity index (χ4n) is 1.54. The van der Waals surface area contributed by atoms with Crippen molar-refractivity contribution in [3.8, 4) is 0 Å². The molecule has 0 aliphatic rings. The molecule has 1 unspecified atom stereocenters. The molecular weight excluding hydrogens is 239 g/mol. The van der Waals surface area contributed by atoms with Gasteiger partial charge < -0.3 is 20.5 Å². The Bertz CT molecular complexity index is 426. The molecule has 1 aromatic carbocycles. The average molecular weight is 256 g/mol. The lowest BCUT2D eigenvalue weighted by Gasteiger charge is -2.20. The number of nitrogens with two attached hydrogens (primary N) is 1. The lowest BCUT2D eigenvalue weighted by molar-refractivity contribution is 0.0380. The second-order valence-electron chi connectivity index (χ2n) is 4.03. The Balaban J connectivity index is 2.71. The van der Waals surface area contributed by atoms with Crippen LogP contribution in [0.25, 0.3) is 0 Å². The summed E-state index contributed by atoms with van der Waals surface area (Å²) in [5.41, 5.74) is 5.59. The maximum atomic E-state index is 13.0. The van der Waals surface area contributed by atoms with Crippen molar-refractivity contribution in [2.45, 2.75) is 6.10 Å². The van der Waals surface area contributed by atoms with Gasteiger partial charge in [0.15, 0.2) is 0 Å². The van der Waals surface area contributed by atoms with E-state index in [0.717, 1.165) is 6.07 Å². The van der Waals surface area contributed by atoms with Gasteiger partial charge in [0.25, 0.3) is 5.91 Å². The van der Waals surface area contributed by atoms with Crippen LogP contribution in [-0.2, 0) is 4.74 Å². The first-order chi connectivity index (χ1) is 8.45. The molecule has 0 spiro atoms. The van der Waals surface area contributed by atoms with Gasteiger partial charge in [-0.15, -0.1) is 0 Å². The second-order valence-corrected chi connectivity index (χ2v) is 4.03. The highest BCUT2D eigenvalue weighted by Gasteiger charge is 2.16. The van der Waals surface area contributed by atoms with E-state index in [-0.39, 0.29) is 30.3 Å². The fourth-order valence-corrected chi connectivity index (χ4v) is 1.54. The summed E-state index contributed by atoms with van der Waals surface area (Å²) in [5.74, 6) is -0.898. The molecule has 1 amide bonds. The summed E-state index contributed by atoms with van der Waals surface area (Å²) in [6.07, 6.45) is -0.762. The minimum absolute atomic E-state index is 0.0771. The normalized spacial score (nSPS) is 12.2. The van der Waals surface area contributed by atoms with Crippen molar-refractivity contribution in [2.75, 3.05) is 33.0 Å². The molecule has 0 aromatic heterocycles. The number of hydrogen-bond acceptors (Lipinski definition) is 4. The molecule has 0 fully saturated rings. The highest BCUT2D eigenvalue weighted by atomic mass is 19.1. The van der Waals surface area contributed by atoms with Crippen LogP contribution < -0.4 is 5.73 Å². The first-order valence-corrected chi connectivity index (χ1v) is 5.43. The smallest absolute Gasteiger partial charge is 0.253 e. The summed E-state index contributed by atoms with van der Waals surface area (Å²) in [6.45, 7) is 0.271. The van der Waals surface area contributed by atoms with Crippen LogP contribution in [0.2, 0.25) is 0 Å². The number of carbonyl (C=O) groups is 1. The Kier molecular flexibility index (Phi) is 5.06. The molecule has 1 aromatic rings. The molecule has 6 heteroatoms. The van der Waals surface area contributed by atoms with Gasteiger partial charge in [-0.25, -0.2) is 4.39 Å². The first kappa shape index (κ1) is 14.4. The van der Waals surface area contributed by atoms with E-state index in [2.05, 4.69) is 0 Å². The number of likely N-dealkylation sites (N-methyl/N-ethyl adjacent to an activating group) is 1. The van der Waals surface area contributed by atoms with Gasteiger partial charge >= 0.3 is 0 Å². The van der Waals surface area contributed by atoms with Crippen molar-refractivity contribution in [1.29, 1.82) is 0 Å². The molecule has 0 bridgehead atoms. The lowest BCUT2D eigenvalue weighted by Crippen LogP contribution is -2.36. The summed E-state index contributed by atoms with van der Waals surface area (Å²) in [5, 5.41) is 9.51. The number of hydrogen-bond donors (Lipinski definition) is 2. The van der Waals surface area contributed by atoms with Gasteiger partial charge in [0, 0.05) is 26.3 Å². The zero-order valence-electron chi connectivity index (χ0n) is 10.4. The van der Waals surface area contributed by atoms with Crippen LogP contribution >= 0.6 is 0 Å². The number of nitrogen functional groups attached to an aromatic ring is 1. The van der Waals surface area contributed by atoms with E-state index in [1.165, 1.54) is 24.1 Å². The molecule has 0 aliphatic heterocycles. The van der Waals surface area contributed by atoms with Gasteiger partial charge in [0.05, 0.1) is 18.4 Å². The van der Waals surface area contributed by atoms with Crippen molar-refractivity contribution < 1.29 is 19.0 Å². The van der Waals surface area contributed by atoms with Gasteiger partial charge in [-0.05, 0) is 18.2 Å². The van der Waals surface area contributed by atoms with Gasteiger partial charge in [0.1, 0.15) is 5.82 Å². The Morgan fingerprint density at radius 3 is 2.83 bits per heavy atom.